The molecular weight excluding hydrogens is 190 g/mol. The van der Waals surface area contributed by atoms with Gasteiger partial charge < -0.3 is 10.0 Å². The van der Waals surface area contributed by atoms with E-state index in [9.17, 15) is 0 Å². The summed E-state index contributed by atoms with van der Waals surface area (Å²) in [5.41, 5.74) is 0.769. The van der Waals surface area contributed by atoms with E-state index >= 15 is 0 Å². The Balaban J connectivity index is 2.10. The number of hydrogen-bond donors (Lipinski definition) is 1. The van der Waals surface area contributed by atoms with Gasteiger partial charge in [-0.25, -0.2) is 9.97 Å². The van der Waals surface area contributed by atoms with E-state index in [0.29, 0.717) is 6.04 Å². The Kier molecular flexibility index (Phi) is 3.16. The predicted molar refractivity (Wildman–Crippen MR) is 58.6 cm³/mol. The van der Waals surface area contributed by atoms with Crippen molar-refractivity contribution in [1.29, 1.82) is 0 Å². The second-order valence-corrected chi connectivity index (χ2v) is 3.97. The summed E-state index contributed by atoms with van der Waals surface area (Å²) >= 11 is 0. The molecule has 1 aliphatic carbocycles. The molecule has 0 radical (unpaired) electrons. The SMILES string of the molecule is CCCN(c1ncc(CO)cn1)C1CC1. The maximum Gasteiger partial charge on any atom is 0.225 e. The fourth-order valence-corrected chi connectivity index (χ4v) is 1.65. The van der Waals surface area contributed by atoms with Crippen LogP contribution in [0.1, 0.15) is 31.7 Å². The second kappa shape index (κ2) is 4.57. The van der Waals surface area contributed by atoms with Crippen LogP contribution >= 0.6 is 0 Å². The van der Waals surface area contributed by atoms with Crippen LogP contribution in [0.25, 0.3) is 0 Å². The fraction of sp³-hybridized carbons (Fsp3) is 0.636. The molecule has 0 amide bonds. The van der Waals surface area contributed by atoms with Crippen LogP contribution < -0.4 is 4.90 Å². The Hall–Kier alpha value is -1.16. The van der Waals surface area contributed by atoms with Gasteiger partial charge in [-0.1, -0.05) is 6.92 Å². The van der Waals surface area contributed by atoms with Crippen LogP contribution in [0.15, 0.2) is 12.4 Å². The van der Waals surface area contributed by atoms with Gasteiger partial charge in [-0.15, -0.1) is 0 Å². The van der Waals surface area contributed by atoms with Gasteiger partial charge in [0.15, 0.2) is 0 Å². The lowest BCUT2D eigenvalue weighted by Crippen LogP contribution is -2.28. The number of aliphatic hydroxyl groups excluding tert-OH is 1. The van der Waals surface area contributed by atoms with E-state index in [-0.39, 0.29) is 6.61 Å². The van der Waals surface area contributed by atoms with E-state index in [2.05, 4.69) is 21.8 Å². The first-order valence-corrected chi connectivity index (χ1v) is 5.53. The first kappa shape index (κ1) is 10.4. The summed E-state index contributed by atoms with van der Waals surface area (Å²) in [5.74, 6) is 0.802. The molecule has 1 fully saturated rings. The van der Waals surface area contributed by atoms with Gasteiger partial charge in [0.2, 0.25) is 5.95 Å². The highest BCUT2D eigenvalue weighted by atomic mass is 16.3. The van der Waals surface area contributed by atoms with Crippen molar-refractivity contribution < 1.29 is 5.11 Å². The monoisotopic (exact) mass is 207 g/mol. The fourth-order valence-electron chi connectivity index (χ4n) is 1.65. The van der Waals surface area contributed by atoms with Crippen molar-refractivity contribution in [1.82, 2.24) is 9.97 Å². The summed E-state index contributed by atoms with van der Waals surface area (Å²) in [6, 6.07) is 0.643. The van der Waals surface area contributed by atoms with Crippen LogP contribution in [0.5, 0.6) is 0 Å². The maximum absolute atomic E-state index is 8.90. The number of hydrogen-bond acceptors (Lipinski definition) is 4. The highest BCUT2D eigenvalue weighted by molar-refractivity contribution is 5.33. The topological polar surface area (TPSA) is 49.2 Å². The van der Waals surface area contributed by atoms with Crippen LogP contribution in [0.3, 0.4) is 0 Å². The lowest BCUT2D eigenvalue weighted by Gasteiger charge is -2.21. The summed E-state index contributed by atoms with van der Waals surface area (Å²) in [6.07, 6.45) is 7.03. The van der Waals surface area contributed by atoms with Gasteiger partial charge >= 0.3 is 0 Å². The summed E-state index contributed by atoms with van der Waals surface area (Å²) in [5, 5.41) is 8.90. The molecule has 1 heterocycles. The smallest absolute Gasteiger partial charge is 0.225 e. The van der Waals surface area contributed by atoms with Crippen LogP contribution in [0, 0.1) is 0 Å². The molecule has 1 aromatic rings. The standard InChI is InChI=1S/C11H17N3O/c1-2-5-14(10-3-4-10)11-12-6-9(8-15)7-13-11/h6-7,10,15H,2-5,8H2,1H3. The lowest BCUT2D eigenvalue weighted by molar-refractivity contribution is 0.281. The van der Waals surface area contributed by atoms with Gasteiger partial charge in [-0.05, 0) is 19.3 Å². The van der Waals surface area contributed by atoms with E-state index in [1.165, 1.54) is 12.8 Å². The Morgan fingerprint density at radius 3 is 2.53 bits per heavy atom. The van der Waals surface area contributed by atoms with Gasteiger partial charge in [0.25, 0.3) is 0 Å². The summed E-state index contributed by atoms with van der Waals surface area (Å²) < 4.78 is 0. The number of anilines is 1. The second-order valence-electron chi connectivity index (χ2n) is 3.97. The third-order valence-electron chi connectivity index (χ3n) is 2.58. The zero-order chi connectivity index (χ0) is 10.7. The molecule has 0 bridgehead atoms. The average molecular weight is 207 g/mol. The van der Waals surface area contributed by atoms with Crippen molar-refractivity contribution in [3.63, 3.8) is 0 Å². The summed E-state index contributed by atoms with van der Waals surface area (Å²) in [7, 11) is 0. The third-order valence-corrected chi connectivity index (χ3v) is 2.58. The van der Waals surface area contributed by atoms with Gasteiger partial charge in [0, 0.05) is 30.5 Å². The van der Waals surface area contributed by atoms with E-state index in [0.717, 1.165) is 24.5 Å². The van der Waals surface area contributed by atoms with Crippen molar-refractivity contribution >= 4 is 5.95 Å². The predicted octanol–water partition coefficient (Wildman–Crippen LogP) is 1.35. The molecule has 4 nitrogen and oxygen atoms in total. The molecule has 1 N–H and O–H groups in total. The van der Waals surface area contributed by atoms with Crippen LogP contribution in [0.2, 0.25) is 0 Å². The number of nitrogens with zero attached hydrogens (tertiary/aromatic N) is 3. The van der Waals surface area contributed by atoms with E-state index < -0.39 is 0 Å². The largest absolute Gasteiger partial charge is 0.392 e. The first-order valence-electron chi connectivity index (χ1n) is 5.53. The minimum absolute atomic E-state index is 0.0114. The molecule has 0 saturated heterocycles. The quantitative estimate of drug-likeness (QED) is 0.791. The maximum atomic E-state index is 8.90. The van der Waals surface area contributed by atoms with Crippen molar-refractivity contribution in [3.05, 3.63) is 18.0 Å². The molecule has 4 heteroatoms. The molecular formula is C11H17N3O. The molecule has 1 aromatic heterocycles. The highest BCUT2D eigenvalue weighted by Crippen LogP contribution is 2.29. The molecule has 0 spiro atoms. The molecule has 2 rings (SSSR count). The highest BCUT2D eigenvalue weighted by Gasteiger charge is 2.29. The zero-order valence-corrected chi connectivity index (χ0v) is 9.06. The van der Waals surface area contributed by atoms with Gasteiger partial charge in [-0.2, -0.15) is 0 Å². The van der Waals surface area contributed by atoms with Gasteiger partial charge in [-0.3, -0.25) is 0 Å². The van der Waals surface area contributed by atoms with Crippen molar-refractivity contribution in [2.45, 2.75) is 38.8 Å². The van der Waals surface area contributed by atoms with E-state index in [1.807, 2.05) is 0 Å². The first-order chi connectivity index (χ1) is 7.35. The average Bonchev–Trinajstić information content (AvgIpc) is 3.10. The van der Waals surface area contributed by atoms with E-state index in [4.69, 9.17) is 5.11 Å². The Labute approximate surface area is 90.0 Å². The van der Waals surface area contributed by atoms with E-state index in [1.54, 1.807) is 12.4 Å². The Morgan fingerprint density at radius 1 is 1.40 bits per heavy atom. The number of aromatic nitrogens is 2. The minimum Gasteiger partial charge on any atom is -0.392 e. The normalized spacial score (nSPS) is 15.3. The van der Waals surface area contributed by atoms with Crippen LogP contribution in [-0.2, 0) is 6.61 Å². The Bertz CT molecular complexity index is 308. The van der Waals surface area contributed by atoms with Crippen LogP contribution in [-0.4, -0.2) is 27.7 Å². The summed E-state index contributed by atoms with van der Waals surface area (Å²) in [4.78, 5) is 10.8. The van der Waals surface area contributed by atoms with Crippen molar-refractivity contribution in [2.75, 3.05) is 11.4 Å². The molecule has 0 aromatic carbocycles. The molecule has 1 aliphatic rings. The number of aliphatic hydroxyl groups is 1. The Morgan fingerprint density at radius 2 is 2.07 bits per heavy atom. The van der Waals surface area contributed by atoms with Crippen molar-refractivity contribution in [2.24, 2.45) is 0 Å². The molecule has 0 atom stereocenters. The lowest BCUT2D eigenvalue weighted by atomic mass is 10.3. The molecule has 1 saturated carbocycles. The molecule has 82 valence electrons. The van der Waals surface area contributed by atoms with Crippen molar-refractivity contribution in [3.8, 4) is 0 Å². The molecule has 0 aliphatic heterocycles. The minimum atomic E-state index is 0.0114. The third kappa shape index (κ3) is 2.45. The number of rotatable bonds is 5. The summed E-state index contributed by atoms with van der Waals surface area (Å²) in [6.45, 7) is 3.19. The molecule has 0 unspecified atom stereocenters. The molecule has 15 heavy (non-hydrogen) atoms. The van der Waals surface area contributed by atoms with Crippen LogP contribution in [0.4, 0.5) is 5.95 Å². The van der Waals surface area contributed by atoms with Gasteiger partial charge in [0.05, 0.1) is 6.61 Å². The van der Waals surface area contributed by atoms with Gasteiger partial charge in [0.1, 0.15) is 0 Å². The zero-order valence-electron chi connectivity index (χ0n) is 9.06.